The first kappa shape index (κ1) is 20.9. The Morgan fingerprint density at radius 3 is 2.62 bits per heavy atom. The number of anilines is 1. The van der Waals surface area contributed by atoms with Gasteiger partial charge in [0.1, 0.15) is 11.4 Å². The molecular formula is C23H25F2N5O2. The standard InChI is InChI=1S/C23H25F2N5O2/c24-21(25)18-5-3-4-17(27-18)20(31)12-16-13-30-14-19(15-6-10-32-11-7-15)28-23(30)22(26-16)29-8-1-2-9-29/h3-5,13-15,21H,1-2,6-12H2. The molecule has 0 atom stereocenters. The van der Waals surface area contributed by atoms with Gasteiger partial charge in [-0.2, -0.15) is 0 Å². The van der Waals surface area contributed by atoms with Crippen LogP contribution in [0.1, 0.15) is 65.6 Å². The van der Waals surface area contributed by atoms with E-state index in [0.717, 1.165) is 69.1 Å². The first-order chi connectivity index (χ1) is 15.6. The summed E-state index contributed by atoms with van der Waals surface area (Å²) in [7, 11) is 0. The largest absolute Gasteiger partial charge is 0.381 e. The van der Waals surface area contributed by atoms with Gasteiger partial charge >= 0.3 is 0 Å². The number of pyridine rings is 1. The number of aromatic nitrogens is 4. The topological polar surface area (TPSA) is 72.6 Å². The minimum Gasteiger partial charge on any atom is -0.381 e. The second-order valence-electron chi connectivity index (χ2n) is 8.38. The Balaban J connectivity index is 1.48. The third kappa shape index (κ3) is 4.21. The average Bonchev–Trinajstić information content (AvgIpc) is 3.49. The molecule has 5 heterocycles. The van der Waals surface area contributed by atoms with Gasteiger partial charge in [0.05, 0.1) is 17.8 Å². The van der Waals surface area contributed by atoms with Crippen molar-refractivity contribution in [1.29, 1.82) is 0 Å². The molecule has 0 aromatic carbocycles. The predicted molar refractivity (Wildman–Crippen MR) is 114 cm³/mol. The number of imidazole rings is 1. The Kier molecular flexibility index (Phi) is 5.82. The van der Waals surface area contributed by atoms with E-state index in [9.17, 15) is 13.6 Å². The zero-order chi connectivity index (χ0) is 22.1. The zero-order valence-electron chi connectivity index (χ0n) is 17.7. The van der Waals surface area contributed by atoms with Crippen LogP contribution in [0.25, 0.3) is 5.65 Å². The van der Waals surface area contributed by atoms with Crippen LogP contribution in [0.2, 0.25) is 0 Å². The lowest BCUT2D eigenvalue weighted by Gasteiger charge is -2.20. The van der Waals surface area contributed by atoms with Crippen LogP contribution in [-0.2, 0) is 11.2 Å². The molecule has 2 fully saturated rings. The van der Waals surface area contributed by atoms with Gasteiger partial charge in [-0.3, -0.25) is 4.79 Å². The number of ether oxygens (including phenoxy) is 1. The summed E-state index contributed by atoms with van der Waals surface area (Å²) in [5.74, 6) is 0.790. The fourth-order valence-electron chi connectivity index (χ4n) is 4.45. The predicted octanol–water partition coefficient (Wildman–Crippen LogP) is 3.98. The van der Waals surface area contributed by atoms with E-state index in [4.69, 9.17) is 14.7 Å². The van der Waals surface area contributed by atoms with E-state index < -0.39 is 12.1 Å². The summed E-state index contributed by atoms with van der Waals surface area (Å²) in [6.07, 6.45) is 5.18. The minimum absolute atomic E-state index is 0.0126. The van der Waals surface area contributed by atoms with E-state index in [1.54, 1.807) is 0 Å². The van der Waals surface area contributed by atoms with Gasteiger partial charge < -0.3 is 14.0 Å². The molecular weight excluding hydrogens is 416 g/mol. The molecule has 0 spiro atoms. The summed E-state index contributed by atoms with van der Waals surface area (Å²) in [5, 5.41) is 0. The van der Waals surface area contributed by atoms with E-state index in [1.807, 2.05) is 16.8 Å². The third-order valence-corrected chi connectivity index (χ3v) is 6.16. The van der Waals surface area contributed by atoms with Crippen LogP contribution in [0.15, 0.2) is 30.6 Å². The molecule has 5 rings (SSSR count). The molecule has 0 N–H and O–H groups in total. The first-order valence-corrected chi connectivity index (χ1v) is 11.1. The lowest BCUT2D eigenvalue weighted by molar-refractivity contribution is 0.0846. The van der Waals surface area contributed by atoms with Crippen molar-refractivity contribution in [3.63, 3.8) is 0 Å². The molecule has 9 heteroatoms. The van der Waals surface area contributed by atoms with Crippen molar-refractivity contribution in [2.75, 3.05) is 31.2 Å². The summed E-state index contributed by atoms with van der Waals surface area (Å²) < 4.78 is 33.4. The molecule has 2 saturated heterocycles. The normalized spacial score (nSPS) is 17.5. The highest BCUT2D eigenvalue weighted by Crippen LogP contribution is 2.30. The second-order valence-corrected chi connectivity index (χ2v) is 8.38. The summed E-state index contributed by atoms with van der Waals surface area (Å²) in [5.41, 5.74) is 2.02. The van der Waals surface area contributed by atoms with Gasteiger partial charge in [-0.25, -0.2) is 23.7 Å². The number of carbonyl (C=O) groups is 1. The van der Waals surface area contributed by atoms with Crippen LogP contribution in [0.3, 0.4) is 0 Å². The summed E-state index contributed by atoms with van der Waals surface area (Å²) in [6.45, 7) is 3.27. The Morgan fingerprint density at radius 2 is 1.88 bits per heavy atom. The highest BCUT2D eigenvalue weighted by atomic mass is 19.3. The summed E-state index contributed by atoms with van der Waals surface area (Å²) in [6, 6.07) is 4.12. The Labute approximate surface area is 184 Å². The number of carbonyl (C=O) groups excluding carboxylic acids is 1. The van der Waals surface area contributed by atoms with E-state index in [2.05, 4.69) is 9.88 Å². The number of nitrogens with zero attached hydrogens (tertiary/aromatic N) is 5. The Hall–Kier alpha value is -2.94. The number of rotatable bonds is 6. The van der Waals surface area contributed by atoms with Crippen molar-refractivity contribution in [2.45, 2.75) is 44.4 Å². The van der Waals surface area contributed by atoms with Crippen LogP contribution in [0.5, 0.6) is 0 Å². The monoisotopic (exact) mass is 441 g/mol. The number of Topliss-reactive ketones (excluding diaryl/α,β-unsaturated/α-hetero) is 1. The van der Waals surface area contributed by atoms with Crippen molar-refractivity contribution in [2.24, 2.45) is 0 Å². The number of halogens is 2. The van der Waals surface area contributed by atoms with E-state index >= 15 is 0 Å². The molecule has 3 aromatic rings. The summed E-state index contributed by atoms with van der Waals surface area (Å²) >= 11 is 0. The maximum absolute atomic E-state index is 13.0. The lowest BCUT2D eigenvalue weighted by atomic mass is 9.97. The zero-order valence-corrected chi connectivity index (χ0v) is 17.7. The SMILES string of the molecule is O=C(Cc1cn2cc(C3CCOCC3)nc2c(N2CCCC2)n1)c1cccc(C(F)F)n1. The van der Waals surface area contributed by atoms with Crippen molar-refractivity contribution >= 4 is 17.2 Å². The third-order valence-electron chi connectivity index (χ3n) is 6.16. The van der Waals surface area contributed by atoms with Gasteiger partial charge in [0.2, 0.25) is 0 Å². The van der Waals surface area contributed by atoms with Gasteiger partial charge in [0.15, 0.2) is 17.2 Å². The van der Waals surface area contributed by atoms with E-state index in [0.29, 0.717) is 11.6 Å². The number of hydrogen-bond donors (Lipinski definition) is 0. The number of alkyl halides is 2. The number of ketones is 1. The molecule has 0 amide bonds. The number of fused-ring (bicyclic) bond motifs is 1. The summed E-state index contributed by atoms with van der Waals surface area (Å²) in [4.78, 5) is 28.5. The highest BCUT2D eigenvalue weighted by molar-refractivity contribution is 5.95. The average molecular weight is 441 g/mol. The molecule has 0 bridgehead atoms. The van der Waals surface area contributed by atoms with Crippen LogP contribution >= 0.6 is 0 Å². The van der Waals surface area contributed by atoms with Gasteiger partial charge in [-0.05, 0) is 37.8 Å². The highest BCUT2D eigenvalue weighted by Gasteiger charge is 2.24. The van der Waals surface area contributed by atoms with Gasteiger partial charge in [-0.1, -0.05) is 6.07 Å². The van der Waals surface area contributed by atoms with Crippen LogP contribution in [-0.4, -0.2) is 51.4 Å². The Morgan fingerprint density at radius 1 is 1.09 bits per heavy atom. The van der Waals surface area contributed by atoms with Crippen molar-refractivity contribution in [3.8, 4) is 0 Å². The molecule has 168 valence electrons. The molecule has 2 aliphatic heterocycles. The van der Waals surface area contributed by atoms with Crippen molar-refractivity contribution in [1.82, 2.24) is 19.4 Å². The van der Waals surface area contributed by atoms with E-state index in [-0.39, 0.29) is 17.9 Å². The molecule has 0 unspecified atom stereocenters. The van der Waals surface area contributed by atoms with Crippen molar-refractivity contribution in [3.05, 3.63) is 53.4 Å². The fraction of sp³-hybridized carbons (Fsp3) is 0.478. The molecule has 0 aliphatic carbocycles. The first-order valence-electron chi connectivity index (χ1n) is 11.1. The van der Waals surface area contributed by atoms with Crippen LogP contribution < -0.4 is 4.90 Å². The molecule has 2 aliphatic rings. The maximum Gasteiger partial charge on any atom is 0.280 e. The van der Waals surface area contributed by atoms with Crippen LogP contribution in [0.4, 0.5) is 14.6 Å². The van der Waals surface area contributed by atoms with E-state index in [1.165, 1.54) is 18.2 Å². The lowest BCUT2D eigenvalue weighted by Crippen LogP contribution is -2.21. The molecule has 0 radical (unpaired) electrons. The van der Waals surface area contributed by atoms with Crippen molar-refractivity contribution < 1.29 is 18.3 Å². The number of hydrogen-bond acceptors (Lipinski definition) is 6. The Bertz CT molecular complexity index is 1120. The van der Waals surface area contributed by atoms with Crippen LogP contribution in [0, 0.1) is 0 Å². The molecule has 7 nitrogen and oxygen atoms in total. The smallest absolute Gasteiger partial charge is 0.280 e. The second kappa shape index (κ2) is 8.90. The van der Waals surface area contributed by atoms with Gasteiger partial charge in [0, 0.05) is 44.6 Å². The molecule has 0 saturated carbocycles. The molecule has 32 heavy (non-hydrogen) atoms. The van der Waals surface area contributed by atoms with Gasteiger partial charge in [-0.15, -0.1) is 0 Å². The quantitative estimate of drug-likeness (QED) is 0.539. The fourth-order valence-corrected chi connectivity index (χ4v) is 4.45. The minimum atomic E-state index is -2.71. The van der Waals surface area contributed by atoms with Gasteiger partial charge in [0.25, 0.3) is 6.43 Å². The molecule has 3 aromatic heterocycles. The maximum atomic E-state index is 13.0.